The number of rotatable bonds is 5. The molecule has 2 bridgehead atoms. The number of ether oxygens (including phenoxy) is 2. The first-order chi connectivity index (χ1) is 12.2. The van der Waals surface area contributed by atoms with Gasteiger partial charge in [0.15, 0.2) is 6.61 Å². The Morgan fingerprint density at radius 2 is 1.58 bits per heavy atom. The molecule has 1 aromatic rings. The first-order valence-corrected chi connectivity index (χ1v) is 8.12. The van der Waals surface area contributed by atoms with Gasteiger partial charge in [-0.05, 0) is 31.0 Å². The molecule has 1 aromatic carbocycles. The number of carbonyl (C=O) groups is 3. The van der Waals surface area contributed by atoms with E-state index in [0.717, 1.165) is 0 Å². The third-order valence-corrected chi connectivity index (χ3v) is 4.19. The fraction of sp³-hybridized carbons (Fsp3) is 0.312. The maximum atomic E-state index is 10.7. The summed E-state index contributed by atoms with van der Waals surface area (Å²) in [5.41, 5.74) is -0.132. The Morgan fingerprint density at radius 1 is 1.04 bits per heavy atom. The molecule has 0 amide bonds. The van der Waals surface area contributed by atoms with E-state index >= 15 is 0 Å². The minimum atomic E-state index is -1.18. The van der Waals surface area contributed by atoms with Crippen LogP contribution >= 0.6 is 23.2 Å². The predicted molar refractivity (Wildman–Crippen MR) is 89.8 cm³/mol. The largest absolute Gasteiger partial charge is 0.480 e. The van der Waals surface area contributed by atoms with Gasteiger partial charge in [-0.2, -0.15) is 0 Å². The summed E-state index contributed by atoms with van der Waals surface area (Å²) in [6.07, 6.45) is 0.216. The maximum absolute atomic E-state index is 10.7. The van der Waals surface area contributed by atoms with E-state index in [-0.39, 0.29) is 11.1 Å². The second kappa shape index (κ2) is 8.39. The van der Waals surface area contributed by atoms with Gasteiger partial charge in [0, 0.05) is 5.02 Å². The molecule has 8 nitrogen and oxygen atoms in total. The Hall–Kier alpha value is -2.29. The summed E-state index contributed by atoms with van der Waals surface area (Å²) in [4.78, 5) is 31.6. The van der Waals surface area contributed by atoms with Gasteiger partial charge in [-0.25, -0.2) is 14.4 Å². The van der Waals surface area contributed by atoms with Crippen LogP contribution in [0, 0.1) is 0 Å². The SMILES string of the molecule is O=C(O)C1=C(C(=O)O)C2CCC1O2.O=C(O)COc1ccc(Cl)cc1Cl. The Kier molecular flexibility index (Phi) is 6.47. The Morgan fingerprint density at radius 3 is 2.00 bits per heavy atom. The van der Waals surface area contributed by atoms with Gasteiger partial charge in [0.25, 0.3) is 0 Å². The van der Waals surface area contributed by atoms with Crippen molar-refractivity contribution in [2.75, 3.05) is 6.61 Å². The van der Waals surface area contributed by atoms with Gasteiger partial charge in [-0.15, -0.1) is 0 Å². The zero-order chi connectivity index (χ0) is 19.4. The van der Waals surface area contributed by atoms with Gasteiger partial charge in [0.1, 0.15) is 5.75 Å². The van der Waals surface area contributed by atoms with E-state index in [4.69, 9.17) is 48.0 Å². The van der Waals surface area contributed by atoms with Crippen molar-refractivity contribution < 1.29 is 39.2 Å². The second-order valence-corrected chi connectivity index (χ2v) is 6.23. The van der Waals surface area contributed by atoms with Crippen molar-refractivity contribution in [1.82, 2.24) is 0 Å². The third-order valence-electron chi connectivity index (χ3n) is 3.66. The van der Waals surface area contributed by atoms with Crippen molar-refractivity contribution in [2.45, 2.75) is 25.0 Å². The fourth-order valence-corrected chi connectivity index (χ4v) is 3.11. The summed E-state index contributed by atoms with van der Waals surface area (Å²) < 4.78 is 10.0. The van der Waals surface area contributed by atoms with Gasteiger partial charge < -0.3 is 24.8 Å². The van der Waals surface area contributed by atoms with E-state index < -0.39 is 36.7 Å². The Bertz CT molecular complexity index is 744. The molecule has 140 valence electrons. The lowest BCUT2D eigenvalue weighted by Crippen LogP contribution is -2.20. The van der Waals surface area contributed by atoms with E-state index in [1.807, 2.05) is 0 Å². The van der Waals surface area contributed by atoms with Gasteiger partial charge in [-0.3, -0.25) is 0 Å². The highest BCUT2D eigenvalue weighted by atomic mass is 35.5. The quantitative estimate of drug-likeness (QED) is 0.681. The summed E-state index contributed by atoms with van der Waals surface area (Å²) in [6, 6.07) is 4.58. The monoisotopic (exact) mass is 404 g/mol. The van der Waals surface area contributed by atoms with Crippen LogP contribution in [-0.2, 0) is 19.1 Å². The summed E-state index contributed by atoms with van der Waals surface area (Å²) in [6.45, 7) is -0.415. The van der Waals surface area contributed by atoms with Crippen LogP contribution in [0.25, 0.3) is 0 Å². The van der Waals surface area contributed by atoms with Gasteiger partial charge in [0.2, 0.25) is 0 Å². The summed E-state index contributed by atoms with van der Waals surface area (Å²) >= 11 is 11.3. The second-order valence-electron chi connectivity index (χ2n) is 5.39. The average molecular weight is 405 g/mol. The smallest absolute Gasteiger partial charge is 0.341 e. The standard InChI is InChI=1S/C8H6Cl2O3.C8H8O5/c9-5-1-2-7(6(10)3-5)13-4-8(11)12;9-7(10)5-3-1-2-4(13-3)6(5)8(11)12/h1-3H,4H2,(H,11,12);3-4H,1-2H2,(H,9,10)(H,11,12). The molecular weight excluding hydrogens is 391 g/mol. The van der Waals surface area contributed by atoms with Crippen LogP contribution in [0.15, 0.2) is 29.3 Å². The number of halogens is 2. The Balaban J connectivity index is 0.000000187. The topological polar surface area (TPSA) is 130 Å². The molecule has 0 spiro atoms. The lowest BCUT2D eigenvalue weighted by Gasteiger charge is -2.09. The molecule has 0 saturated carbocycles. The molecule has 3 rings (SSSR count). The molecular formula is C16H14Cl2O8. The molecule has 2 aliphatic heterocycles. The van der Waals surface area contributed by atoms with Crippen LogP contribution in [-0.4, -0.2) is 52.0 Å². The van der Waals surface area contributed by atoms with E-state index in [1.165, 1.54) is 12.1 Å². The minimum absolute atomic E-state index is 0.0660. The number of carboxylic acid groups (broad SMARTS) is 3. The van der Waals surface area contributed by atoms with Crippen LogP contribution in [0.3, 0.4) is 0 Å². The van der Waals surface area contributed by atoms with Gasteiger partial charge >= 0.3 is 17.9 Å². The van der Waals surface area contributed by atoms with Crippen molar-refractivity contribution in [2.24, 2.45) is 0 Å². The first kappa shape index (κ1) is 20.0. The number of carboxylic acids is 3. The normalized spacial score (nSPS) is 20.4. The lowest BCUT2D eigenvalue weighted by molar-refractivity contribution is -0.139. The molecule has 1 fully saturated rings. The number of hydrogen-bond acceptors (Lipinski definition) is 5. The minimum Gasteiger partial charge on any atom is -0.480 e. The Labute approximate surface area is 157 Å². The van der Waals surface area contributed by atoms with Crippen molar-refractivity contribution >= 4 is 41.1 Å². The molecule has 2 aliphatic rings. The highest BCUT2D eigenvalue weighted by Gasteiger charge is 2.46. The number of benzene rings is 1. The van der Waals surface area contributed by atoms with E-state index in [1.54, 1.807) is 6.07 Å². The van der Waals surface area contributed by atoms with Crippen molar-refractivity contribution in [3.05, 3.63) is 39.4 Å². The van der Waals surface area contributed by atoms with Crippen molar-refractivity contribution in [1.29, 1.82) is 0 Å². The predicted octanol–water partition coefficient (Wildman–Crippen LogP) is 2.47. The van der Waals surface area contributed by atoms with Crippen LogP contribution in [0.2, 0.25) is 10.0 Å². The van der Waals surface area contributed by atoms with Crippen LogP contribution < -0.4 is 4.74 Å². The van der Waals surface area contributed by atoms with E-state index in [9.17, 15) is 14.4 Å². The van der Waals surface area contributed by atoms with E-state index in [2.05, 4.69) is 0 Å². The first-order valence-electron chi connectivity index (χ1n) is 7.36. The van der Waals surface area contributed by atoms with Crippen molar-refractivity contribution in [3.8, 4) is 5.75 Å². The zero-order valence-electron chi connectivity index (χ0n) is 13.1. The van der Waals surface area contributed by atoms with Gasteiger partial charge in [0.05, 0.1) is 28.4 Å². The molecule has 0 aromatic heterocycles. The summed E-state index contributed by atoms with van der Waals surface area (Å²) in [7, 11) is 0. The lowest BCUT2D eigenvalue weighted by atomic mass is 9.92. The van der Waals surface area contributed by atoms with Gasteiger partial charge in [-0.1, -0.05) is 23.2 Å². The molecule has 10 heteroatoms. The number of fused-ring (bicyclic) bond motifs is 2. The summed E-state index contributed by atoms with van der Waals surface area (Å²) in [5.74, 6) is -3.09. The fourth-order valence-electron chi connectivity index (χ4n) is 2.65. The van der Waals surface area contributed by atoms with Crippen molar-refractivity contribution in [3.63, 3.8) is 0 Å². The van der Waals surface area contributed by atoms with Crippen LogP contribution in [0.5, 0.6) is 5.75 Å². The van der Waals surface area contributed by atoms with E-state index in [0.29, 0.717) is 28.6 Å². The molecule has 2 unspecified atom stereocenters. The molecule has 0 radical (unpaired) electrons. The molecule has 0 aliphatic carbocycles. The zero-order valence-corrected chi connectivity index (χ0v) is 14.7. The highest BCUT2D eigenvalue weighted by molar-refractivity contribution is 6.35. The molecule has 3 N–H and O–H groups in total. The van der Waals surface area contributed by atoms with Crippen LogP contribution in [0.1, 0.15) is 12.8 Å². The average Bonchev–Trinajstić information content (AvgIpc) is 3.15. The molecule has 2 heterocycles. The van der Waals surface area contributed by atoms with Crippen LogP contribution in [0.4, 0.5) is 0 Å². The highest BCUT2D eigenvalue weighted by Crippen LogP contribution is 2.39. The number of aliphatic carboxylic acids is 3. The molecule has 2 atom stereocenters. The maximum Gasteiger partial charge on any atom is 0.341 e. The molecule has 26 heavy (non-hydrogen) atoms. The third kappa shape index (κ3) is 4.66. The number of hydrogen-bond donors (Lipinski definition) is 3. The summed E-state index contributed by atoms with van der Waals surface area (Å²) in [5, 5.41) is 26.6. The molecule has 1 saturated heterocycles.